The maximum atomic E-state index is 13.0. The van der Waals surface area contributed by atoms with Crippen LogP contribution in [0.5, 0.6) is 11.5 Å². The number of phenolic OH excluding ortho intramolecular Hbond substituents is 1. The lowest BCUT2D eigenvalue weighted by Crippen LogP contribution is -2.42. The second-order valence-electron chi connectivity index (χ2n) is 8.22. The summed E-state index contributed by atoms with van der Waals surface area (Å²) in [6, 6.07) is 5.46. The van der Waals surface area contributed by atoms with Crippen LogP contribution in [0, 0.1) is 5.92 Å². The van der Waals surface area contributed by atoms with Crippen LogP contribution in [0.15, 0.2) is 24.3 Å². The van der Waals surface area contributed by atoms with Crippen LogP contribution in [-0.2, 0) is 4.79 Å². The maximum Gasteiger partial charge on any atom is 0.246 e. The van der Waals surface area contributed by atoms with Crippen LogP contribution in [0.4, 0.5) is 0 Å². The highest BCUT2D eigenvalue weighted by Gasteiger charge is 2.26. The zero-order valence-corrected chi connectivity index (χ0v) is 19.1. The Labute approximate surface area is 182 Å². The Kier molecular flexibility index (Phi) is 11.1. The van der Waals surface area contributed by atoms with Gasteiger partial charge in [-0.25, -0.2) is 0 Å². The van der Waals surface area contributed by atoms with E-state index in [9.17, 15) is 9.90 Å². The van der Waals surface area contributed by atoms with Crippen molar-refractivity contribution in [2.75, 3.05) is 34.3 Å². The summed E-state index contributed by atoms with van der Waals surface area (Å²) in [5.41, 5.74) is 0.841. The van der Waals surface area contributed by atoms with Crippen molar-refractivity contribution in [2.24, 2.45) is 5.92 Å². The van der Waals surface area contributed by atoms with Crippen molar-refractivity contribution in [1.29, 1.82) is 0 Å². The number of amides is 1. The molecule has 0 aromatic heterocycles. The first-order valence-corrected chi connectivity index (χ1v) is 10.4. The molecule has 0 atom stereocenters. The Hall–Kier alpha value is -1.72. The van der Waals surface area contributed by atoms with E-state index in [0.29, 0.717) is 11.8 Å². The highest BCUT2D eigenvalue weighted by atomic mass is 35.5. The van der Waals surface area contributed by atoms with Gasteiger partial charge in [0, 0.05) is 18.7 Å². The van der Waals surface area contributed by atoms with E-state index < -0.39 is 0 Å². The third-order valence-electron chi connectivity index (χ3n) is 5.59. The van der Waals surface area contributed by atoms with Crippen LogP contribution >= 0.6 is 12.4 Å². The van der Waals surface area contributed by atoms with Crippen molar-refractivity contribution in [3.05, 3.63) is 29.8 Å². The lowest BCUT2D eigenvalue weighted by atomic mass is 9.86. The van der Waals surface area contributed by atoms with E-state index in [1.54, 1.807) is 24.3 Å². The van der Waals surface area contributed by atoms with Gasteiger partial charge in [-0.3, -0.25) is 4.79 Å². The summed E-state index contributed by atoms with van der Waals surface area (Å²) in [4.78, 5) is 17.3. The molecule has 164 valence electrons. The smallest absolute Gasteiger partial charge is 0.246 e. The van der Waals surface area contributed by atoms with Crippen molar-refractivity contribution >= 4 is 24.4 Å². The van der Waals surface area contributed by atoms with Gasteiger partial charge in [-0.15, -0.1) is 12.4 Å². The highest BCUT2D eigenvalue weighted by Crippen LogP contribution is 2.29. The quantitative estimate of drug-likeness (QED) is 0.465. The van der Waals surface area contributed by atoms with Crippen LogP contribution < -0.4 is 4.74 Å². The van der Waals surface area contributed by atoms with Crippen LogP contribution in [0.1, 0.15) is 51.0 Å². The highest BCUT2D eigenvalue weighted by molar-refractivity contribution is 5.92. The first-order chi connectivity index (χ1) is 13.4. The molecule has 1 aliphatic carbocycles. The molecule has 1 aromatic rings. The van der Waals surface area contributed by atoms with E-state index in [1.807, 2.05) is 6.08 Å². The number of nitrogens with zero attached hydrogens (tertiary/aromatic N) is 2. The normalized spacial score (nSPS) is 19.2. The number of phenols is 1. The lowest BCUT2D eigenvalue weighted by Gasteiger charge is -2.36. The number of rotatable bonds is 9. The van der Waals surface area contributed by atoms with Crippen LogP contribution in [0.25, 0.3) is 6.08 Å². The Morgan fingerprint density at radius 3 is 2.45 bits per heavy atom. The van der Waals surface area contributed by atoms with Gasteiger partial charge in [-0.2, -0.15) is 0 Å². The van der Waals surface area contributed by atoms with Gasteiger partial charge in [0.05, 0.1) is 7.11 Å². The predicted molar refractivity (Wildman–Crippen MR) is 122 cm³/mol. The molecule has 1 aromatic carbocycles. The largest absolute Gasteiger partial charge is 0.504 e. The molecule has 0 unspecified atom stereocenters. The summed E-state index contributed by atoms with van der Waals surface area (Å²) in [7, 11) is 5.69. The van der Waals surface area contributed by atoms with Crippen LogP contribution in [-0.4, -0.2) is 61.2 Å². The molecule has 0 saturated heterocycles. The fourth-order valence-corrected chi connectivity index (χ4v) is 3.80. The Bertz CT molecular complexity index is 656. The van der Waals surface area contributed by atoms with Gasteiger partial charge in [0.2, 0.25) is 5.91 Å². The molecule has 1 N–H and O–H groups in total. The van der Waals surface area contributed by atoms with Gasteiger partial charge in [-0.05, 0) is 88.9 Å². The maximum absolute atomic E-state index is 13.0. The number of hydrogen-bond acceptors (Lipinski definition) is 4. The lowest BCUT2D eigenvalue weighted by molar-refractivity contribution is -0.129. The molecule has 1 saturated carbocycles. The number of carbonyl (C=O) groups is 1. The molecule has 0 heterocycles. The second-order valence-corrected chi connectivity index (χ2v) is 8.22. The van der Waals surface area contributed by atoms with Crippen LogP contribution in [0.3, 0.4) is 0 Å². The van der Waals surface area contributed by atoms with Crippen molar-refractivity contribution in [3.8, 4) is 11.5 Å². The van der Waals surface area contributed by atoms with Crippen molar-refractivity contribution in [1.82, 2.24) is 9.80 Å². The molecule has 0 spiro atoms. The number of ether oxygens (including phenoxy) is 1. The number of methoxy groups -OCH3 is 1. The summed E-state index contributed by atoms with van der Waals surface area (Å²) in [6.45, 7) is 4.17. The zero-order valence-electron chi connectivity index (χ0n) is 18.3. The molecule has 5 nitrogen and oxygen atoms in total. The summed E-state index contributed by atoms with van der Waals surface area (Å²) in [5, 5.41) is 9.72. The van der Waals surface area contributed by atoms with E-state index in [2.05, 4.69) is 30.8 Å². The molecule has 1 aliphatic rings. The minimum atomic E-state index is 0. The van der Waals surface area contributed by atoms with E-state index in [-0.39, 0.29) is 24.1 Å². The minimum Gasteiger partial charge on any atom is -0.504 e. The monoisotopic (exact) mass is 424 g/mol. The average molecular weight is 425 g/mol. The van der Waals surface area contributed by atoms with Gasteiger partial charge in [0.15, 0.2) is 11.5 Å². The SMILES string of the molecule is COc1cc(/C=C/C(=O)N(CCCCN(C)C)[C@H]2CC[C@H](C)CC2)ccc1O.Cl. The molecule has 6 heteroatoms. The minimum absolute atomic E-state index is 0. The van der Waals surface area contributed by atoms with Gasteiger partial charge in [0.25, 0.3) is 0 Å². The third kappa shape index (κ3) is 8.27. The summed E-state index contributed by atoms with van der Waals surface area (Å²) in [6.07, 6.45) is 10.2. The first kappa shape index (κ1) is 25.3. The van der Waals surface area contributed by atoms with Crippen molar-refractivity contribution in [2.45, 2.75) is 51.5 Å². The average Bonchev–Trinajstić information content (AvgIpc) is 2.68. The fourth-order valence-electron chi connectivity index (χ4n) is 3.80. The molecule has 0 bridgehead atoms. The van der Waals surface area contributed by atoms with Gasteiger partial charge in [-0.1, -0.05) is 13.0 Å². The van der Waals surface area contributed by atoms with E-state index in [4.69, 9.17) is 4.74 Å². The number of unbranched alkanes of at least 4 members (excludes halogenated alkanes) is 1. The Balaban J connectivity index is 0.00000420. The molecular formula is C23H37ClN2O3. The zero-order chi connectivity index (χ0) is 20.5. The molecule has 2 rings (SSSR count). The third-order valence-corrected chi connectivity index (χ3v) is 5.59. The summed E-state index contributed by atoms with van der Waals surface area (Å²) < 4.78 is 5.15. The molecular weight excluding hydrogens is 388 g/mol. The fraction of sp³-hybridized carbons (Fsp3) is 0.609. The number of benzene rings is 1. The first-order valence-electron chi connectivity index (χ1n) is 10.4. The second kappa shape index (κ2) is 12.8. The van der Waals surface area contributed by atoms with Crippen molar-refractivity contribution < 1.29 is 14.6 Å². The van der Waals surface area contributed by atoms with E-state index in [1.165, 1.54) is 20.0 Å². The number of halogens is 1. The Morgan fingerprint density at radius 2 is 1.83 bits per heavy atom. The van der Waals surface area contributed by atoms with Crippen LogP contribution in [0.2, 0.25) is 0 Å². The topological polar surface area (TPSA) is 53.0 Å². The number of aromatic hydroxyl groups is 1. The number of carbonyl (C=O) groups excluding carboxylic acids is 1. The standard InChI is InChI=1S/C23H36N2O3.ClH/c1-18-7-11-20(12-8-18)25(16-6-5-15-24(2)3)23(27)14-10-19-9-13-21(26)22(17-19)28-4;/h9-10,13-14,17-18,20,26H,5-8,11-12,15-16H2,1-4H3;1H/b14-10+;/t18-,20-;. The van der Waals surface area contributed by atoms with Crippen molar-refractivity contribution in [3.63, 3.8) is 0 Å². The number of hydrogen-bond donors (Lipinski definition) is 1. The molecule has 1 fully saturated rings. The summed E-state index contributed by atoms with van der Waals surface area (Å²) in [5.74, 6) is 1.36. The van der Waals surface area contributed by atoms with Gasteiger partial charge >= 0.3 is 0 Å². The molecule has 0 aliphatic heterocycles. The molecule has 1 amide bonds. The van der Waals surface area contributed by atoms with E-state index in [0.717, 1.165) is 50.3 Å². The molecule has 0 radical (unpaired) electrons. The predicted octanol–water partition coefficient (Wildman–Crippen LogP) is 4.58. The van der Waals surface area contributed by atoms with E-state index >= 15 is 0 Å². The summed E-state index contributed by atoms with van der Waals surface area (Å²) >= 11 is 0. The van der Waals surface area contributed by atoms with Gasteiger partial charge < -0.3 is 19.6 Å². The molecule has 29 heavy (non-hydrogen) atoms. The Morgan fingerprint density at radius 1 is 1.17 bits per heavy atom. The van der Waals surface area contributed by atoms with Gasteiger partial charge in [0.1, 0.15) is 0 Å².